The summed E-state index contributed by atoms with van der Waals surface area (Å²) >= 11 is 0. The van der Waals surface area contributed by atoms with E-state index in [4.69, 9.17) is 13.8 Å². The number of hydrogen-bond donors (Lipinski definition) is 0. The molecule has 0 atom stereocenters. The summed E-state index contributed by atoms with van der Waals surface area (Å²) in [5.41, 5.74) is 13.1. The number of benzene rings is 12. The fourth-order valence-corrected chi connectivity index (χ4v) is 18.6. The molecule has 17 rings (SSSR count). The maximum atomic E-state index is 11.2. The fourth-order valence-electron chi connectivity index (χ4n) is 15.0. The number of nitrogens with zero attached hydrogens (tertiary/aromatic N) is 4. The summed E-state index contributed by atoms with van der Waals surface area (Å²) in [6.45, 7) is 22.1. The van der Waals surface area contributed by atoms with Gasteiger partial charge in [-0.25, -0.2) is 4.98 Å². The molecule has 3 aromatic heterocycles. The van der Waals surface area contributed by atoms with Gasteiger partial charge >= 0.3 is 0 Å². The average Bonchev–Trinajstić information content (AvgIpc) is 0.860. The number of aromatic nitrogens is 4. The van der Waals surface area contributed by atoms with Crippen molar-refractivity contribution in [3.8, 4) is 84.3 Å². The van der Waals surface area contributed by atoms with Crippen LogP contribution in [0, 0.1) is 18.5 Å². The number of rotatable bonds is 10. The minimum Gasteiger partial charge on any atom is -0.510 e. The molecule has 15 aromatic rings. The van der Waals surface area contributed by atoms with Crippen molar-refractivity contribution in [1.29, 1.82) is 0 Å². The maximum absolute atomic E-state index is 11.2. The monoisotopic (exact) mass is 1520 g/mol. The first kappa shape index (κ1) is 47.7. The van der Waals surface area contributed by atoms with Crippen molar-refractivity contribution in [2.75, 3.05) is 0 Å². The number of ether oxygens (including phenoxy) is 1. The summed E-state index contributed by atoms with van der Waals surface area (Å²) in [7, 11) is -6.16. The van der Waals surface area contributed by atoms with Crippen LogP contribution in [-0.4, -0.2) is 22.2 Å². The normalized spacial score (nSPS) is 16.3. The summed E-state index contributed by atoms with van der Waals surface area (Å²) in [5.74, 6) is 1.30. The van der Waals surface area contributed by atoms with Gasteiger partial charge in [-0.1, -0.05) is 287 Å². The van der Waals surface area contributed by atoms with Gasteiger partial charge in [-0.2, -0.15) is 18.2 Å². The minimum absolute atomic E-state index is 0. The van der Waals surface area contributed by atoms with E-state index in [-0.39, 0.29) is 54.0 Å². The van der Waals surface area contributed by atoms with Gasteiger partial charge in [-0.05, 0) is 175 Å². The van der Waals surface area contributed by atoms with Gasteiger partial charge in [0.1, 0.15) is 5.82 Å². The van der Waals surface area contributed by atoms with E-state index in [9.17, 15) is 20.6 Å². The van der Waals surface area contributed by atoms with Crippen LogP contribution in [0.2, 0.25) is 0 Å². The molecule has 1 aliphatic heterocycles. The third kappa shape index (κ3) is 11.1. The first-order valence-corrected chi connectivity index (χ1v) is 35.8. The van der Waals surface area contributed by atoms with Gasteiger partial charge in [0.25, 0.3) is 6.33 Å². The Labute approximate surface area is 635 Å². The molecule has 101 heavy (non-hydrogen) atoms. The predicted octanol–water partition coefficient (Wildman–Crippen LogP) is 20.6. The quantitative estimate of drug-likeness (QED) is 0.0592. The number of pyridine rings is 1. The van der Waals surface area contributed by atoms with Gasteiger partial charge in [-0.3, -0.25) is 4.57 Å². The number of hydrogen-bond acceptors (Lipinski definition) is 2. The van der Waals surface area contributed by atoms with Crippen molar-refractivity contribution in [1.82, 2.24) is 14.1 Å². The molecule has 0 spiro atoms. The minimum atomic E-state index is -6.16. The van der Waals surface area contributed by atoms with Crippen LogP contribution in [0.25, 0.3) is 106 Å². The van der Waals surface area contributed by atoms with E-state index in [0.29, 0.717) is 50.6 Å². The van der Waals surface area contributed by atoms with Crippen molar-refractivity contribution in [2.24, 2.45) is 0 Å². The molecule has 498 valence electrons. The Hall–Kier alpha value is -10.2. The van der Waals surface area contributed by atoms with Crippen molar-refractivity contribution >= 4 is 61.7 Å². The molecule has 12 aromatic carbocycles. The summed E-state index contributed by atoms with van der Waals surface area (Å²) in [4.78, 5) is 4.91. The first-order chi connectivity index (χ1) is 55.8. The molecule has 0 unspecified atom stereocenters. The fraction of sp³-hybridized carbons (Fsp3) is 0.170. The van der Waals surface area contributed by atoms with Crippen LogP contribution < -0.4 is 30.1 Å². The van der Waals surface area contributed by atoms with Gasteiger partial charge < -0.3 is 13.9 Å². The molecule has 5 nitrogen and oxygen atoms in total. The zero-order chi connectivity index (χ0) is 84.1. The van der Waals surface area contributed by atoms with Crippen LogP contribution in [0.4, 0.5) is 0 Å². The molecule has 4 heterocycles. The van der Waals surface area contributed by atoms with E-state index >= 15 is 0 Å². The summed E-state index contributed by atoms with van der Waals surface area (Å²) in [5, 5.41) is -1.42. The van der Waals surface area contributed by atoms with E-state index in [0.717, 1.165) is 79.7 Å². The zero-order valence-electron chi connectivity index (χ0n) is 75.6. The molecule has 0 fully saturated rings. The largest absolute Gasteiger partial charge is 0.510 e. The molecule has 0 radical (unpaired) electrons. The van der Waals surface area contributed by atoms with E-state index in [1.165, 1.54) is 11.1 Å². The van der Waals surface area contributed by atoms with Crippen LogP contribution in [0.15, 0.2) is 279 Å². The van der Waals surface area contributed by atoms with E-state index < -0.39 is 143 Å². The van der Waals surface area contributed by atoms with Crippen LogP contribution >= 0.6 is 0 Å². The topological polar surface area (TPSA) is 35.9 Å². The third-order valence-corrected chi connectivity index (χ3v) is 24.5. The Morgan fingerprint density at radius 1 is 0.475 bits per heavy atom. The maximum Gasteiger partial charge on any atom is 0.268 e. The smallest absolute Gasteiger partial charge is 0.268 e. The Kier molecular flexibility index (Phi) is 11.7. The number of fused-ring (bicyclic) bond motifs is 11. The van der Waals surface area contributed by atoms with Crippen LogP contribution in [0.1, 0.15) is 129 Å². The van der Waals surface area contributed by atoms with Gasteiger partial charge in [0.15, 0.2) is 8.07 Å². The molecule has 0 saturated heterocycles. The Bertz CT molecular complexity index is 6750. The average molecular weight is 1520 g/mol. The second-order valence-corrected chi connectivity index (χ2v) is 33.1. The van der Waals surface area contributed by atoms with Gasteiger partial charge in [-0.15, -0.1) is 29.7 Å². The zero-order valence-corrected chi connectivity index (χ0v) is 60.9. The summed E-state index contributed by atoms with van der Waals surface area (Å²) < 4.78 is 188. The standard InChI is InChI=1S/C94H80N4OSi.Pt/c1-91(2,3)65-45-43-62(44-46-65)74-40-26-41-79-81-60-84-83(93(7,8)50-51-94(84,9)10)59-80(81)75-37-20-21-38-76(75)82-54-64(63-27-24-36-73(53-63)100(70-30-14-11-15-31-70,71-32-16-12-17-33-71)72-34-18-13-19-35-72)55-87-90(82)97(89(74)79)61-96(87)67-28-25-29-68(57-67)99-69-47-48-78-77-39-22-23-42-85(77)98(86(78)58-69)88-56-66(49-52-95-88)92(4,5)6;/h11-49,52-56,59-60H,50-51H2,1-10H3;/q-2;/i11D,12D,13D,14D,15D,16D,17D,18D,24D,27D,30D,31D,32D,33D,34D,35D,36D,53D;. The second kappa shape index (κ2) is 24.8. The number of imidazole rings is 1. The summed E-state index contributed by atoms with van der Waals surface area (Å²) in [6, 6.07) is 43.4. The van der Waals surface area contributed by atoms with Gasteiger partial charge in [0, 0.05) is 44.3 Å². The van der Waals surface area contributed by atoms with Crippen LogP contribution in [0.5, 0.6) is 11.5 Å². The second-order valence-electron chi connectivity index (χ2n) is 29.6. The SMILES string of the molecule is [2H]c1cc([2H])c([Si](c2c([2H])c([2H])c([2H])c([2H])c2[2H])(c2c([2H])c([2H])c([2H])c([2H])c2[2H])c2c([2H])c([2H])c([2H])c(-c3cc4c5c(c3)n(-c3[c-]c(Oc6[c-]c7c(cc6)c6ccccc6n7-c6cc(C(C)(C)C)ccn6)ccc3)[c-][n+]5-c3c(-c5ccc(C(C)(C)C)cc5)cccc3-c3cc5c(cc3-c3ccccc3-4)C(C)(C)CCC5(C)C)c2[2H])c([2H])c1[2H].[Pt]. The predicted molar refractivity (Wildman–Crippen MR) is 417 cm³/mol. The van der Waals surface area contributed by atoms with Crippen molar-refractivity contribution < 1.29 is 55.0 Å². The molecule has 2 aliphatic rings. The molecule has 0 N–H and O–H groups in total. The van der Waals surface area contributed by atoms with Crippen LogP contribution in [0.3, 0.4) is 0 Å². The van der Waals surface area contributed by atoms with Crippen molar-refractivity contribution in [2.45, 2.75) is 104 Å². The molecule has 0 saturated carbocycles. The van der Waals surface area contributed by atoms with E-state index in [1.54, 1.807) is 22.8 Å². The molecule has 1 aliphatic carbocycles. The molecule has 0 bridgehead atoms. The molecular weight excluding hydrogens is 1420 g/mol. The molecular formula is C94H80N4OPtSi-2. The first-order valence-electron chi connectivity index (χ1n) is 42.8. The van der Waals surface area contributed by atoms with Crippen LogP contribution in [-0.2, 0) is 42.7 Å². The Morgan fingerprint density at radius 2 is 1.08 bits per heavy atom. The van der Waals surface area contributed by atoms with E-state index in [1.807, 2.05) is 71.4 Å². The molecule has 0 amide bonds. The third-order valence-electron chi connectivity index (χ3n) is 20.4. The van der Waals surface area contributed by atoms with Crippen molar-refractivity contribution in [3.05, 3.63) is 319 Å². The number of para-hydroxylation sites is 2. The van der Waals surface area contributed by atoms with Gasteiger partial charge in [0.05, 0.1) is 41.4 Å². The van der Waals surface area contributed by atoms with E-state index in [2.05, 4.69) is 171 Å². The van der Waals surface area contributed by atoms with Gasteiger partial charge in [0.2, 0.25) is 0 Å². The van der Waals surface area contributed by atoms with Crippen molar-refractivity contribution in [3.63, 3.8) is 0 Å². The Balaban J connectivity index is 0.0000106. The summed E-state index contributed by atoms with van der Waals surface area (Å²) in [6.07, 6.45) is 7.53. The Morgan fingerprint density at radius 3 is 1.78 bits per heavy atom. The molecule has 7 heteroatoms.